The highest BCUT2D eigenvalue weighted by Gasteiger charge is 2.25. The van der Waals surface area contributed by atoms with Crippen molar-refractivity contribution in [2.24, 2.45) is 5.73 Å². The van der Waals surface area contributed by atoms with Crippen molar-refractivity contribution in [3.63, 3.8) is 0 Å². The van der Waals surface area contributed by atoms with Crippen molar-refractivity contribution in [3.8, 4) is 0 Å². The Morgan fingerprint density at radius 3 is 1.79 bits per heavy atom. The molecule has 0 saturated heterocycles. The Morgan fingerprint density at radius 1 is 0.625 bits per heavy atom. The lowest BCUT2D eigenvalue weighted by molar-refractivity contribution is -0.161. The molecule has 0 fully saturated rings. The van der Waals surface area contributed by atoms with E-state index in [0.717, 1.165) is 51.4 Å². The molecule has 320 valence electrons. The summed E-state index contributed by atoms with van der Waals surface area (Å²) in [6, 6.07) is 0. The van der Waals surface area contributed by atoms with Crippen molar-refractivity contribution in [3.05, 3.63) is 85.1 Å². The number of carbonyl (C=O) groups excluding carboxylic acids is 2. The number of unbranched alkanes of at least 4 members (excludes halogenated alkanes) is 11. The van der Waals surface area contributed by atoms with Crippen LogP contribution in [-0.2, 0) is 32.7 Å². The number of aliphatic hydroxyl groups excluding tert-OH is 1. The van der Waals surface area contributed by atoms with Crippen molar-refractivity contribution in [1.82, 2.24) is 0 Å². The van der Waals surface area contributed by atoms with E-state index >= 15 is 0 Å². The molecule has 0 spiro atoms. The highest BCUT2D eigenvalue weighted by molar-refractivity contribution is 7.47. The first kappa shape index (κ1) is 53.1. The summed E-state index contributed by atoms with van der Waals surface area (Å²) in [5.74, 6) is -0.970. The molecule has 0 amide bonds. The predicted octanol–water partition coefficient (Wildman–Crippen LogP) is 11.0. The summed E-state index contributed by atoms with van der Waals surface area (Å²) in [6.07, 6.45) is 46.4. The molecule has 0 saturated carbocycles. The Bertz CT molecular complexity index is 1210. The van der Waals surface area contributed by atoms with Crippen LogP contribution in [0.2, 0.25) is 0 Å². The normalized spacial score (nSPS) is 14.7. The van der Waals surface area contributed by atoms with Gasteiger partial charge in [-0.2, -0.15) is 0 Å². The molecule has 0 aliphatic rings. The van der Waals surface area contributed by atoms with Crippen LogP contribution in [0.15, 0.2) is 85.1 Å². The van der Waals surface area contributed by atoms with Crippen LogP contribution in [0, 0.1) is 0 Å². The Morgan fingerprint density at radius 2 is 1.16 bits per heavy atom. The lowest BCUT2D eigenvalue weighted by Gasteiger charge is -2.19. The zero-order valence-electron chi connectivity index (χ0n) is 34.7. The molecule has 0 aliphatic heterocycles. The second-order valence-corrected chi connectivity index (χ2v) is 15.2. The zero-order chi connectivity index (χ0) is 41.2. The predicted molar refractivity (Wildman–Crippen MR) is 230 cm³/mol. The van der Waals surface area contributed by atoms with Gasteiger partial charge < -0.3 is 25.2 Å². The third-order valence-electron chi connectivity index (χ3n) is 8.33. The minimum atomic E-state index is -4.41. The summed E-state index contributed by atoms with van der Waals surface area (Å²) in [5, 5.41) is 10.1. The van der Waals surface area contributed by atoms with Gasteiger partial charge in [0.2, 0.25) is 0 Å². The van der Waals surface area contributed by atoms with Crippen LogP contribution in [0.4, 0.5) is 0 Å². The quantitative estimate of drug-likeness (QED) is 0.0180. The molecule has 10 nitrogen and oxygen atoms in total. The number of ether oxygens (including phenoxy) is 2. The monoisotopic (exact) mass is 806 g/mol. The molecule has 4 N–H and O–H groups in total. The summed E-state index contributed by atoms with van der Waals surface area (Å²) in [6.45, 7) is 3.47. The van der Waals surface area contributed by atoms with E-state index in [2.05, 4.69) is 56.4 Å². The van der Waals surface area contributed by atoms with E-state index in [9.17, 15) is 24.2 Å². The maximum atomic E-state index is 12.6. The molecule has 0 radical (unpaired) electrons. The fourth-order valence-corrected chi connectivity index (χ4v) is 5.89. The van der Waals surface area contributed by atoms with E-state index in [1.807, 2.05) is 36.5 Å². The minimum absolute atomic E-state index is 0.0281. The number of allylic oxidation sites excluding steroid dienone is 12. The van der Waals surface area contributed by atoms with Gasteiger partial charge in [0.1, 0.15) is 6.61 Å². The second kappa shape index (κ2) is 40.4. The van der Waals surface area contributed by atoms with Gasteiger partial charge in [-0.1, -0.05) is 137 Å². The van der Waals surface area contributed by atoms with Gasteiger partial charge in [0.05, 0.1) is 19.3 Å². The molecule has 0 bridgehead atoms. The summed E-state index contributed by atoms with van der Waals surface area (Å²) < 4.78 is 32.6. The lowest BCUT2D eigenvalue weighted by Crippen LogP contribution is -2.29. The van der Waals surface area contributed by atoms with Gasteiger partial charge in [-0.05, 0) is 83.5 Å². The summed E-state index contributed by atoms with van der Waals surface area (Å²) in [7, 11) is -4.41. The van der Waals surface area contributed by atoms with Gasteiger partial charge in [0, 0.05) is 19.4 Å². The summed E-state index contributed by atoms with van der Waals surface area (Å²) >= 11 is 0. The first-order valence-electron chi connectivity index (χ1n) is 21.2. The minimum Gasteiger partial charge on any atom is -0.462 e. The number of hydrogen-bond acceptors (Lipinski definition) is 9. The highest BCUT2D eigenvalue weighted by Crippen LogP contribution is 2.43. The first-order valence-corrected chi connectivity index (χ1v) is 22.7. The number of hydrogen-bond donors (Lipinski definition) is 3. The number of aliphatic hydroxyl groups is 1. The number of nitrogens with two attached hydrogens (primary N) is 1. The van der Waals surface area contributed by atoms with Gasteiger partial charge in [-0.15, -0.1) is 0 Å². The lowest BCUT2D eigenvalue weighted by atomic mass is 10.1. The average Bonchev–Trinajstić information content (AvgIpc) is 3.18. The van der Waals surface area contributed by atoms with Gasteiger partial charge in [0.15, 0.2) is 6.10 Å². The van der Waals surface area contributed by atoms with E-state index < -0.39 is 38.6 Å². The fourth-order valence-electron chi connectivity index (χ4n) is 5.12. The van der Waals surface area contributed by atoms with Crippen LogP contribution < -0.4 is 5.73 Å². The van der Waals surface area contributed by atoms with Crippen molar-refractivity contribution in [1.29, 1.82) is 0 Å². The van der Waals surface area contributed by atoms with Crippen molar-refractivity contribution in [2.75, 3.05) is 26.4 Å². The summed E-state index contributed by atoms with van der Waals surface area (Å²) in [4.78, 5) is 34.8. The highest BCUT2D eigenvalue weighted by atomic mass is 31.2. The van der Waals surface area contributed by atoms with Gasteiger partial charge in [0.25, 0.3) is 0 Å². The van der Waals surface area contributed by atoms with Crippen LogP contribution in [0.3, 0.4) is 0 Å². The van der Waals surface area contributed by atoms with Gasteiger partial charge in [-0.25, -0.2) is 4.57 Å². The summed E-state index contributed by atoms with van der Waals surface area (Å²) in [5.41, 5.74) is 5.33. The van der Waals surface area contributed by atoms with Gasteiger partial charge in [-0.3, -0.25) is 18.6 Å². The number of rotatable bonds is 38. The van der Waals surface area contributed by atoms with Crippen LogP contribution in [0.25, 0.3) is 0 Å². The van der Waals surface area contributed by atoms with Crippen LogP contribution in [-0.4, -0.2) is 60.5 Å². The molecular formula is C45H76NO9P. The third kappa shape index (κ3) is 39.4. The van der Waals surface area contributed by atoms with Gasteiger partial charge >= 0.3 is 19.8 Å². The standard InChI is InChI=1S/C45H76NO9P/c1-3-5-7-9-11-12-13-14-15-16-17-18-19-20-24-29-33-37-45(49)55-43(41-54-56(50,51)53-39-38-46)40-52-44(48)36-32-28-25-21-23-27-31-35-42(47)34-30-26-22-10-8-6-4-2/h11-12,14-15,17-18,21-22,25-27,30-31,34,42-43,47H,3-10,13,16,19-20,23-24,28-29,32-33,35-41,46H2,1-2H3,(H,50,51)/b12-11-,15-14-,18-17-,25-21+,26-22-,31-27-,34-30-/t42-,43-/m1/s1. The molecule has 0 aromatic rings. The molecule has 11 heteroatoms. The second-order valence-electron chi connectivity index (χ2n) is 13.7. The Hall–Kier alpha value is -2.85. The number of phosphoric ester groups is 1. The van der Waals surface area contributed by atoms with E-state index in [-0.39, 0.29) is 32.6 Å². The molecule has 56 heavy (non-hydrogen) atoms. The topological polar surface area (TPSA) is 155 Å². The molecule has 0 aliphatic carbocycles. The van der Waals surface area contributed by atoms with Crippen LogP contribution in [0.1, 0.15) is 149 Å². The first-order chi connectivity index (χ1) is 27.2. The van der Waals surface area contributed by atoms with Crippen LogP contribution in [0.5, 0.6) is 0 Å². The van der Waals surface area contributed by atoms with Crippen molar-refractivity contribution in [2.45, 2.75) is 161 Å². The number of esters is 2. The maximum Gasteiger partial charge on any atom is 0.472 e. The SMILES string of the molecule is CCCCC/C=C\C=C/[C@@H](O)C/C=C\C/C=C/CCCC(=O)OC[C@H](COP(=O)(O)OCCN)OC(=O)CCCCCC/C=C\C/C=C\C/C=C\CCCCC. The molecule has 0 heterocycles. The average molecular weight is 806 g/mol. The van der Waals surface area contributed by atoms with Crippen molar-refractivity contribution >= 4 is 19.8 Å². The Labute approximate surface area is 339 Å². The van der Waals surface area contributed by atoms with E-state index in [1.54, 1.807) is 6.08 Å². The molecular weight excluding hydrogens is 729 g/mol. The fraction of sp³-hybridized carbons (Fsp3) is 0.644. The van der Waals surface area contributed by atoms with E-state index in [0.29, 0.717) is 25.7 Å². The molecule has 0 aromatic heterocycles. The molecule has 0 aromatic carbocycles. The third-order valence-corrected chi connectivity index (χ3v) is 9.32. The Kier molecular flexibility index (Phi) is 38.3. The van der Waals surface area contributed by atoms with E-state index in [4.69, 9.17) is 24.3 Å². The van der Waals surface area contributed by atoms with Crippen LogP contribution >= 0.6 is 7.82 Å². The largest absolute Gasteiger partial charge is 0.472 e. The van der Waals surface area contributed by atoms with E-state index in [1.165, 1.54) is 44.9 Å². The number of phosphoric acid groups is 1. The molecule has 3 atom stereocenters. The van der Waals surface area contributed by atoms with Crippen molar-refractivity contribution < 1.29 is 42.7 Å². The number of carbonyl (C=O) groups is 2. The Balaban J connectivity index is 4.39. The maximum absolute atomic E-state index is 12.6. The molecule has 0 rings (SSSR count). The molecule has 1 unspecified atom stereocenters. The zero-order valence-corrected chi connectivity index (χ0v) is 35.6. The smallest absolute Gasteiger partial charge is 0.462 e.